The van der Waals surface area contributed by atoms with Crippen LogP contribution in [0.3, 0.4) is 0 Å². The lowest BCUT2D eigenvalue weighted by molar-refractivity contribution is 0.228. The first-order valence-corrected chi connectivity index (χ1v) is 7.40. The third-order valence-electron chi connectivity index (χ3n) is 2.36. The van der Waals surface area contributed by atoms with Gasteiger partial charge in [-0.25, -0.2) is 4.99 Å². The summed E-state index contributed by atoms with van der Waals surface area (Å²) >= 11 is 3.47. The molecule has 1 atom stereocenters. The molecule has 0 amide bonds. The zero-order valence-electron chi connectivity index (χ0n) is 12.1. The molecule has 1 aromatic carbocycles. The van der Waals surface area contributed by atoms with Crippen LogP contribution in [0.5, 0.6) is 5.75 Å². The van der Waals surface area contributed by atoms with E-state index in [1.54, 1.807) is 0 Å². The molecule has 4 nitrogen and oxygen atoms in total. The van der Waals surface area contributed by atoms with Gasteiger partial charge in [-0.2, -0.15) is 0 Å². The van der Waals surface area contributed by atoms with Crippen molar-refractivity contribution in [3.63, 3.8) is 0 Å². The third-order valence-corrected chi connectivity index (χ3v) is 3.01. The van der Waals surface area contributed by atoms with E-state index in [0.717, 1.165) is 29.3 Å². The number of benzene rings is 1. The highest BCUT2D eigenvalue weighted by Crippen LogP contribution is 2.24. The molecule has 114 valence electrons. The number of para-hydroxylation sites is 1. The van der Waals surface area contributed by atoms with E-state index in [-0.39, 0.29) is 30.1 Å². The van der Waals surface area contributed by atoms with Gasteiger partial charge in [0.2, 0.25) is 0 Å². The molecular formula is C14H23BrIN3O. The summed E-state index contributed by atoms with van der Waals surface area (Å²) in [7, 11) is 0. The van der Waals surface area contributed by atoms with Crippen molar-refractivity contribution in [1.29, 1.82) is 0 Å². The van der Waals surface area contributed by atoms with Crippen LogP contribution in [-0.4, -0.2) is 31.7 Å². The molecule has 0 spiro atoms. The monoisotopic (exact) mass is 455 g/mol. The standard InChI is InChI=1S/C14H22BrN3O.HI/c1-4-16-14(17-5-2)18-10-11(3)19-13-9-7-6-8-12(13)15;/h6-9,11H,4-5,10H2,1-3H3,(H2,16,17,18);1H. The lowest BCUT2D eigenvalue weighted by Gasteiger charge is -2.15. The van der Waals surface area contributed by atoms with E-state index in [0.29, 0.717) is 6.54 Å². The summed E-state index contributed by atoms with van der Waals surface area (Å²) in [6.07, 6.45) is 0.0195. The molecule has 0 aromatic heterocycles. The predicted octanol–water partition coefficient (Wildman–Crippen LogP) is 3.41. The van der Waals surface area contributed by atoms with Crippen LogP contribution in [0.2, 0.25) is 0 Å². The van der Waals surface area contributed by atoms with Crippen molar-refractivity contribution in [3.05, 3.63) is 28.7 Å². The van der Waals surface area contributed by atoms with Crippen molar-refractivity contribution in [2.45, 2.75) is 26.9 Å². The average molecular weight is 456 g/mol. The van der Waals surface area contributed by atoms with Gasteiger partial charge in [0.05, 0.1) is 11.0 Å². The Bertz CT molecular complexity index is 407. The molecule has 0 fully saturated rings. The fourth-order valence-corrected chi connectivity index (χ4v) is 1.90. The van der Waals surface area contributed by atoms with Crippen LogP contribution >= 0.6 is 39.9 Å². The quantitative estimate of drug-likeness (QED) is 0.392. The molecule has 0 aliphatic heterocycles. The predicted molar refractivity (Wildman–Crippen MR) is 99.3 cm³/mol. The number of aliphatic imine (C=N–C) groups is 1. The first-order chi connectivity index (χ1) is 9.17. The molecule has 20 heavy (non-hydrogen) atoms. The largest absolute Gasteiger partial charge is 0.488 e. The Morgan fingerprint density at radius 3 is 2.40 bits per heavy atom. The zero-order valence-corrected chi connectivity index (χ0v) is 16.1. The molecule has 1 unspecified atom stereocenters. The van der Waals surface area contributed by atoms with Crippen LogP contribution in [-0.2, 0) is 0 Å². The second kappa shape index (κ2) is 11.2. The maximum absolute atomic E-state index is 5.84. The van der Waals surface area contributed by atoms with Gasteiger partial charge in [0.25, 0.3) is 0 Å². The molecule has 0 bridgehead atoms. The van der Waals surface area contributed by atoms with Gasteiger partial charge in [-0.1, -0.05) is 12.1 Å². The van der Waals surface area contributed by atoms with Crippen molar-refractivity contribution in [1.82, 2.24) is 10.6 Å². The maximum atomic E-state index is 5.84. The Morgan fingerprint density at radius 2 is 1.85 bits per heavy atom. The van der Waals surface area contributed by atoms with Crippen LogP contribution in [0.25, 0.3) is 0 Å². The first-order valence-electron chi connectivity index (χ1n) is 6.60. The number of nitrogens with zero attached hydrogens (tertiary/aromatic N) is 1. The van der Waals surface area contributed by atoms with E-state index in [9.17, 15) is 0 Å². The van der Waals surface area contributed by atoms with Crippen molar-refractivity contribution < 1.29 is 4.74 Å². The van der Waals surface area contributed by atoms with Gasteiger partial charge in [0.15, 0.2) is 5.96 Å². The molecule has 0 aliphatic rings. The molecule has 2 N–H and O–H groups in total. The van der Waals surface area contributed by atoms with E-state index in [1.807, 2.05) is 45.0 Å². The maximum Gasteiger partial charge on any atom is 0.191 e. The van der Waals surface area contributed by atoms with Gasteiger partial charge in [-0.3, -0.25) is 0 Å². The molecule has 0 saturated carbocycles. The van der Waals surface area contributed by atoms with Crippen LogP contribution < -0.4 is 15.4 Å². The van der Waals surface area contributed by atoms with E-state index >= 15 is 0 Å². The molecule has 1 rings (SSSR count). The van der Waals surface area contributed by atoms with Crippen molar-refractivity contribution in [2.24, 2.45) is 4.99 Å². The number of guanidine groups is 1. The second-order valence-electron chi connectivity index (χ2n) is 4.11. The highest BCUT2D eigenvalue weighted by Gasteiger charge is 2.06. The number of hydrogen-bond donors (Lipinski definition) is 2. The topological polar surface area (TPSA) is 45.7 Å². The summed E-state index contributed by atoms with van der Waals surface area (Å²) in [5, 5.41) is 6.38. The molecule has 6 heteroatoms. The summed E-state index contributed by atoms with van der Waals surface area (Å²) in [6, 6.07) is 7.83. The summed E-state index contributed by atoms with van der Waals surface area (Å²) < 4.78 is 6.80. The zero-order chi connectivity index (χ0) is 14.1. The number of hydrogen-bond acceptors (Lipinski definition) is 2. The van der Waals surface area contributed by atoms with Crippen LogP contribution in [0.1, 0.15) is 20.8 Å². The van der Waals surface area contributed by atoms with Crippen LogP contribution in [0.4, 0.5) is 0 Å². The Balaban J connectivity index is 0.00000361. The lowest BCUT2D eigenvalue weighted by atomic mass is 10.3. The van der Waals surface area contributed by atoms with Gasteiger partial charge in [-0.15, -0.1) is 24.0 Å². The van der Waals surface area contributed by atoms with Gasteiger partial charge in [-0.05, 0) is 48.8 Å². The Morgan fingerprint density at radius 1 is 1.25 bits per heavy atom. The van der Waals surface area contributed by atoms with Gasteiger partial charge < -0.3 is 15.4 Å². The fraction of sp³-hybridized carbons (Fsp3) is 0.500. The van der Waals surface area contributed by atoms with Gasteiger partial charge >= 0.3 is 0 Å². The van der Waals surface area contributed by atoms with Crippen molar-refractivity contribution in [2.75, 3.05) is 19.6 Å². The molecule has 0 radical (unpaired) electrons. The van der Waals surface area contributed by atoms with E-state index in [2.05, 4.69) is 31.6 Å². The minimum absolute atomic E-state index is 0. The summed E-state index contributed by atoms with van der Waals surface area (Å²) in [6.45, 7) is 8.42. The van der Waals surface area contributed by atoms with Gasteiger partial charge in [0, 0.05) is 13.1 Å². The molecule has 0 aliphatic carbocycles. The Hall–Kier alpha value is -0.500. The van der Waals surface area contributed by atoms with Crippen LogP contribution in [0, 0.1) is 0 Å². The summed E-state index contributed by atoms with van der Waals surface area (Å²) in [4.78, 5) is 4.48. The molecular weight excluding hydrogens is 433 g/mol. The number of nitrogens with one attached hydrogen (secondary N) is 2. The minimum atomic E-state index is 0. The molecule has 1 aromatic rings. The average Bonchev–Trinajstić information content (AvgIpc) is 2.39. The number of rotatable bonds is 6. The fourth-order valence-electron chi connectivity index (χ4n) is 1.52. The molecule has 0 saturated heterocycles. The Labute approximate surface area is 146 Å². The second-order valence-corrected chi connectivity index (χ2v) is 4.96. The van der Waals surface area contributed by atoms with Gasteiger partial charge in [0.1, 0.15) is 11.9 Å². The SMILES string of the molecule is CCNC(=NCC(C)Oc1ccccc1Br)NCC.I. The lowest BCUT2D eigenvalue weighted by Crippen LogP contribution is -2.37. The van der Waals surface area contributed by atoms with E-state index in [4.69, 9.17) is 4.74 Å². The van der Waals surface area contributed by atoms with E-state index in [1.165, 1.54) is 0 Å². The highest BCUT2D eigenvalue weighted by molar-refractivity contribution is 14.0. The smallest absolute Gasteiger partial charge is 0.191 e. The number of halogens is 2. The van der Waals surface area contributed by atoms with Crippen LogP contribution in [0.15, 0.2) is 33.7 Å². The normalized spacial score (nSPS) is 11.0. The third kappa shape index (κ3) is 7.33. The summed E-state index contributed by atoms with van der Waals surface area (Å²) in [5.74, 6) is 1.67. The summed E-state index contributed by atoms with van der Waals surface area (Å²) in [5.41, 5.74) is 0. The molecule has 0 heterocycles. The minimum Gasteiger partial charge on any atom is -0.488 e. The number of ether oxygens (including phenoxy) is 1. The van der Waals surface area contributed by atoms with Crippen molar-refractivity contribution >= 4 is 45.9 Å². The Kier molecular flexibility index (Phi) is 10.9. The first kappa shape index (κ1) is 19.5. The highest BCUT2D eigenvalue weighted by atomic mass is 127. The van der Waals surface area contributed by atoms with Crippen molar-refractivity contribution in [3.8, 4) is 5.75 Å². The van der Waals surface area contributed by atoms with E-state index < -0.39 is 0 Å².